The zero-order valence-corrected chi connectivity index (χ0v) is 31.6. The average molecular weight is 683 g/mol. The molecule has 0 spiro atoms. The topological polar surface area (TPSA) is 98.8 Å². The summed E-state index contributed by atoms with van der Waals surface area (Å²) in [7, 11) is -1.96. The van der Waals surface area contributed by atoms with Gasteiger partial charge in [-0.2, -0.15) is 0 Å². The number of carbonyl (C=O) groups excluding carboxylic acids is 1. The van der Waals surface area contributed by atoms with Crippen molar-refractivity contribution in [3.05, 3.63) is 46.6 Å². The van der Waals surface area contributed by atoms with Crippen molar-refractivity contribution in [2.75, 3.05) is 18.0 Å². The van der Waals surface area contributed by atoms with Crippen LogP contribution in [0.15, 0.2) is 40.4 Å². The van der Waals surface area contributed by atoms with Gasteiger partial charge < -0.3 is 23.9 Å². The molecule has 2 N–H and O–H groups in total. The molecule has 1 aliphatic heterocycles. The number of hydrogen-bond donors (Lipinski definition) is 2. The average Bonchev–Trinajstić information content (AvgIpc) is 3.34. The summed E-state index contributed by atoms with van der Waals surface area (Å²) in [5, 5.41) is 4.52. The van der Waals surface area contributed by atoms with Crippen molar-refractivity contribution in [1.82, 2.24) is 15.0 Å². The van der Waals surface area contributed by atoms with E-state index in [9.17, 15) is 9.35 Å². The third-order valence-corrected chi connectivity index (χ3v) is 15.4. The molecule has 1 amide bonds. The Labute approximate surface area is 278 Å². The molecule has 1 aromatic carbocycles. The second-order valence-corrected chi connectivity index (χ2v) is 23.1. The number of benzene rings is 1. The maximum absolute atomic E-state index is 13.0. The van der Waals surface area contributed by atoms with Crippen LogP contribution in [0.3, 0.4) is 0 Å². The highest BCUT2D eigenvalue weighted by Gasteiger charge is 2.37. The molecule has 0 bridgehead atoms. The van der Waals surface area contributed by atoms with E-state index in [2.05, 4.69) is 60.9 Å². The van der Waals surface area contributed by atoms with Crippen molar-refractivity contribution in [1.29, 1.82) is 0 Å². The van der Waals surface area contributed by atoms with Crippen LogP contribution in [-0.4, -0.2) is 53.4 Å². The van der Waals surface area contributed by atoms with E-state index in [0.29, 0.717) is 24.7 Å². The van der Waals surface area contributed by atoms with Gasteiger partial charge in [-0.3, -0.25) is 0 Å². The highest BCUT2D eigenvalue weighted by atomic mass is 35.5. The van der Waals surface area contributed by atoms with Gasteiger partial charge in [0.2, 0.25) is 0 Å². The number of carbonyl (C=O) groups is 1. The lowest BCUT2D eigenvalue weighted by atomic mass is 10.2. The maximum atomic E-state index is 13.0. The molecule has 1 saturated heterocycles. The number of nitrogens with zero attached hydrogens (tertiary/aromatic N) is 2. The molecule has 2 aromatic rings. The number of rotatable bonds is 10. The van der Waals surface area contributed by atoms with Gasteiger partial charge in [0.1, 0.15) is 15.4 Å². The molecule has 8 nitrogen and oxygen atoms in total. The van der Waals surface area contributed by atoms with Crippen LogP contribution in [0.1, 0.15) is 79.9 Å². The van der Waals surface area contributed by atoms with Gasteiger partial charge in [0.25, 0.3) is 0 Å². The Bertz CT molecular complexity index is 1290. The molecular weight excluding hydrogens is 632 g/mol. The van der Waals surface area contributed by atoms with Crippen LogP contribution in [0, 0.1) is 0 Å². The molecule has 12 heteroatoms. The number of halogens is 1. The largest absolute Gasteiger partial charge is 0.598 e. The molecule has 1 aromatic heterocycles. The van der Waals surface area contributed by atoms with E-state index in [1.165, 1.54) is 11.8 Å². The van der Waals surface area contributed by atoms with Crippen LogP contribution in [0.25, 0.3) is 0 Å². The van der Waals surface area contributed by atoms with Crippen molar-refractivity contribution in [3.63, 3.8) is 0 Å². The summed E-state index contributed by atoms with van der Waals surface area (Å²) in [4.78, 5) is 20.2. The zero-order chi connectivity index (χ0) is 33.1. The molecule has 0 radical (unpaired) electrons. The molecule has 3 rings (SSSR count). The molecule has 246 valence electrons. The fraction of sp³-hybridized carbons (Fsp3) is 0.625. The van der Waals surface area contributed by atoms with Crippen LogP contribution in [0.4, 0.5) is 10.5 Å². The van der Waals surface area contributed by atoms with E-state index < -0.39 is 36.1 Å². The smallest absolute Gasteiger partial charge is 0.407 e. The molecule has 44 heavy (non-hydrogen) atoms. The number of amides is 1. The van der Waals surface area contributed by atoms with Gasteiger partial charge in [0, 0.05) is 46.8 Å². The molecule has 0 aliphatic carbocycles. The molecule has 1 fully saturated rings. The zero-order valence-electron chi connectivity index (χ0n) is 28.2. The number of pyridine rings is 1. The third-order valence-electron chi connectivity index (χ3n) is 7.77. The number of nitrogens with one attached hydrogen (secondary N) is 2. The van der Waals surface area contributed by atoms with Gasteiger partial charge in [-0.1, -0.05) is 50.2 Å². The normalized spacial score (nSPS) is 17.1. The summed E-state index contributed by atoms with van der Waals surface area (Å²) >= 11 is 7.28. The summed E-state index contributed by atoms with van der Waals surface area (Å²) in [5.74, 6) is 0. The first kappa shape index (κ1) is 37.0. The van der Waals surface area contributed by atoms with Gasteiger partial charge in [-0.25, -0.2) is 9.78 Å². The lowest BCUT2D eigenvalue weighted by Crippen LogP contribution is -2.40. The lowest BCUT2D eigenvalue weighted by molar-refractivity contribution is 0.0509. The molecular formula is C32H51ClN4O4S2Si. The van der Waals surface area contributed by atoms with E-state index in [4.69, 9.17) is 25.7 Å². The van der Waals surface area contributed by atoms with Crippen molar-refractivity contribution in [2.45, 2.75) is 126 Å². The van der Waals surface area contributed by atoms with E-state index in [1.807, 2.05) is 53.7 Å². The van der Waals surface area contributed by atoms with Crippen molar-refractivity contribution in [2.24, 2.45) is 0 Å². The summed E-state index contributed by atoms with van der Waals surface area (Å²) in [6.45, 7) is 24.8. The molecule has 2 unspecified atom stereocenters. The second-order valence-electron chi connectivity index (χ2n) is 14.8. The van der Waals surface area contributed by atoms with Crippen LogP contribution in [0.2, 0.25) is 23.2 Å². The number of aromatic nitrogens is 1. The monoisotopic (exact) mass is 682 g/mol. The molecule has 1 aliphatic rings. The van der Waals surface area contributed by atoms with Crippen LogP contribution in [-0.2, 0) is 33.7 Å². The summed E-state index contributed by atoms with van der Waals surface area (Å²) in [6.07, 6.45) is 2.17. The molecule has 2 atom stereocenters. The van der Waals surface area contributed by atoms with Gasteiger partial charge in [0.15, 0.2) is 8.32 Å². The minimum Gasteiger partial charge on any atom is -0.598 e. The minimum atomic E-state index is -1.96. The summed E-state index contributed by atoms with van der Waals surface area (Å²) in [6, 6.07) is 8.03. The van der Waals surface area contributed by atoms with Crippen LogP contribution in [0.5, 0.6) is 0 Å². The first-order chi connectivity index (χ1) is 20.2. The summed E-state index contributed by atoms with van der Waals surface area (Å²) in [5.41, 5.74) is 2.34. The Morgan fingerprint density at radius 1 is 1.16 bits per heavy atom. The Kier molecular flexibility index (Phi) is 12.2. The predicted octanol–water partition coefficient (Wildman–Crippen LogP) is 8.06. The van der Waals surface area contributed by atoms with E-state index >= 15 is 0 Å². The van der Waals surface area contributed by atoms with E-state index in [0.717, 1.165) is 39.7 Å². The second kappa shape index (κ2) is 14.5. The molecule has 0 saturated carbocycles. The Hall–Kier alpha value is -1.47. The van der Waals surface area contributed by atoms with Gasteiger partial charge >= 0.3 is 6.09 Å². The third kappa shape index (κ3) is 10.5. The van der Waals surface area contributed by atoms with Crippen molar-refractivity contribution >= 4 is 54.8 Å². The van der Waals surface area contributed by atoms with Crippen molar-refractivity contribution in [3.8, 4) is 0 Å². The number of ether oxygens (including phenoxy) is 1. The minimum absolute atomic E-state index is 0.0374. The highest BCUT2D eigenvalue weighted by Crippen LogP contribution is 2.41. The quantitative estimate of drug-likeness (QED) is 0.192. The van der Waals surface area contributed by atoms with Crippen LogP contribution >= 0.6 is 23.4 Å². The van der Waals surface area contributed by atoms with Crippen LogP contribution < -0.4 is 14.9 Å². The first-order valence-corrected chi connectivity index (χ1v) is 20.4. The summed E-state index contributed by atoms with van der Waals surface area (Å²) < 4.78 is 27.8. The Morgan fingerprint density at radius 3 is 2.45 bits per heavy atom. The fourth-order valence-corrected chi connectivity index (χ4v) is 7.21. The molecule has 2 heterocycles. The Balaban J connectivity index is 1.88. The maximum Gasteiger partial charge on any atom is 0.407 e. The first-order valence-electron chi connectivity index (χ1n) is 15.1. The fourth-order valence-electron chi connectivity index (χ4n) is 4.21. The SMILES string of the molecule is CC(C)(C)OC(=O)NC1CCN(c2cc(Cl)c(Sc3ncccc3CO[Si](C)(C)C(C)(C)C)c(CN[S+]([O-])C(C)(C)C)c2)C1. The number of alkyl carbamates (subject to hydrolysis) is 1. The number of anilines is 1. The predicted molar refractivity (Wildman–Crippen MR) is 187 cm³/mol. The van der Waals surface area contributed by atoms with Gasteiger partial charge in [0.05, 0.1) is 24.2 Å². The Morgan fingerprint density at radius 2 is 1.84 bits per heavy atom. The van der Waals surface area contributed by atoms with Gasteiger partial charge in [-0.05, 0) is 89.9 Å². The standard InChI is InChI=1S/C32H51ClN4O4S2Si/c1-30(2,3)41-29(38)36-24-14-16-37(20-24)25-17-23(19-35-43(39)31(4,5)6)27(26(33)18-25)42-28-22(13-12-15-34-28)21-40-44(10,11)32(7,8)9/h12-13,15,17-18,24,35H,14,16,19-21H2,1-11H3,(H,36,38). The lowest BCUT2D eigenvalue weighted by Gasteiger charge is -2.36. The highest BCUT2D eigenvalue weighted by molar-refractivity contribution is 7.99. The van der Waals surface area contributed by atoms with E-state index in [1.54, 1.807) is 6.20 Å². The van der Waals surface area contributed by atoms with Crippen molar-refractivity contribution < 1.29 is 18.5 Å². The van der Waals surface area contributed by atoms with E-state index in [-0.39, 0.29) is 11.1 Å². The number of hydrogen-bond acceptors (Lipinski definition) is 8. The van der Waals surface area contributed by atoms with Gasteiger partial charge in [-0.15, -0.1) is 4.72 Å².